The normalized spacial score (nSPS) is 10.8. The molecule has 0 aliphatic rings. The number of fused-ring (bicyclic) bond motifs is 1. The Morgan fingerprint density at radius 2 is 1.85 bits per heavy atom. The van der Waals surface area contributed by atoms with E-state index in [0.717, 1.165) is 11.8 Å². The number of nitro groups is 1. The maximum Gasteiger partial charge on any atom is 0.274 e. The van der Waals surface area contributed by atoms with Gasteiger partial charge in [0.25, 0.3) is 11.2 Å². The SMILES string of the molecule is Cc1c(NC(=O)CSc2nc3ccccc3c(=O)n2-c2ccc(F)cc2)cccc1[N+](=O)[O-]. The highest BCUT2D eigenvalue weighted by atomic mass is 32.2. The Morgan fingerprint density at radius 3 is 2.58 bits per heavy atom. The topological polar surface area (TPSA) is 107 Å². The molecular weight excluding hydrogens is 447 g/mol. The molecule has 0 bridgehead atoms. The first-order valence-corrected chi connectivity index (χ1v) is 10.8. The van der Waals surface area contributed by atoms with Crippen molar-refractivity contribution in [1.82, 2.24) is 9.55 Å². The van der Waals surface area contributed by atoms with Crippen LogP contribution < -0.4 is 10.9 Å². The van der Waals surface area contributed by atoms with Crippen molar-refractivity contribution in [2.45, 2.75) is 12.1 Å². The van der Waals surface area contributed by atoms with Gasteiger partial charge in [0.05, 0.1) is 38.5 Å². The summed E-state index contributed by atoms with van der Waals surface area (Å²) in [4.78, 5) is 40.9. The number of nitrogens with zero attached hydrogens (tertiary/aromatic N) is 3. The molecule has 0 aliphatic carbocycles. The number of anilines is 1. The van der Waals surface area contributed by atoms with Gasteiger partial charge in [0.1, 0.15) is 5.82 Å². The number of para-hydroxylation sites is 1. The molecule has 33 heavy (non-hydrogen) atoms. The van der Waals surface area contributed by atoms with Crippen molar-refractivity contribution in [3.63, 3.8) is 0 Å². The Hall–Kier alpha value is -4.05. The first kappa shape index (κ1) is 22.2. The molecule has 1 heterocycles. The summed E-state index contributed by atoms with van der Waals surface area (Å²) in [6.45, 7) is 1.55. The van der Waals surface area contributed by atoms with Gasteiger partial charge in [-0.3, -0.25) is 24.3 Å². The smallest absolute Gasteiger partial charge is 0.274 e. The lowest BCUT2D eigenvalue weighted by molar-refractivity contribution is -0.385. The van der Waals surface area contributed by atoms with Gasteiger partial charge >= 0.3 is 0 Å². The number of halogens is 1. The number of hydrogen-bond donors (Lipinski definition) is 1. The molecule has 0 saturated heterocycles. The number of rotatable bonds is 6. The molecule has 0 fully saturated rings. The lowest BCUT2D eigenvalue weighted by Gasteiger charge is -2.13. The van der Waals surface area contributed by atoms with Crippen LogP contribution in [0.15, 0.2) is 76.7 Å². The molecular formula is C23H17FN4O4S. The Bertz CT molecular complexity index is 1440. The first-order valence-electron chi connectivity index (χ1n) is 9.79. The molecule has 4 aromatic rings. The Labute approximate surface area is 191 Å². The van der Waals surface area contributed by atoms with Crippen molar-refractivity contribution in [2.75, 3.05) is 11.1 Å². The molecule has 4 rings (SSSR count). The van der Waals surface area contributed by atoms with Gasteiger partial charge in [-0.1, -0.05) is 30.0 Å². The molecule has 10 heteroatoms. The summed E-state index contributed by atoms with van der Waals surface area (Å²) in [5, 5.41) is 14.4. The lowest BCUT2D eigenvalue weighted by Crippen LogP contribution is -2.23. The van der Waals surface area contributed by atoms with E-state index < -0.39 is 16.6 Å². The molecule has 1 N–H and O–H groups in total. The number of carbonyl (C=O) groups excluding carboxylic acids is 1. The molecule has 0 spiro atoms. The van der Waals surface area contributed by atoms with Crippen LogP contribution in [0.25, 0.3) is 16.6 Å². The maximum atomic E-state index is 13.4. The number of nitro benzene ring substituents is 1. The Balaban J connectivity index is 1.65. The van der Waals surface area contributed by atoms with E-state index in [9.17, 15) is 24.1 Å². The summed E-state index contributed by atoms with van der Waals surface area (Å²) in [5.74, 6) is -0.966. The van der Waals surface area contributed by atoms with Crippen LogP contribution in [-0.2, 0) is 4.79 Å². The van der Waals surface area contributed by atoms with E-state index >= 15 is 0 Å². The Morgan fingerprint density at radius 1 is 1.12 bits per heavy atom. The monoisotopic (exact) mass is 464 g/mol. The molecule has 3 aromatic carbocycles. The summed E-state index contributed by atoms with van der Waals surface area (Å²) >= 11 is 1.03. The third kappa shape index (κ3) is 4.60. The van der Waals surface area contributed by atoms with Crippen LogP contribution in [0.4, 0.5) is 15.8 Å². The molecule has 0 unspecified atom stereocenters. The minimum Gasteiger partial charge on any atom is -0.325 e. The maximum absolute atomic E-state index is 13.4. The zero-order valence-electron chi connectivity index (χ0n) is 17.3. The number of benzene rings is 3. The van der Waals surface area contributed by atoms with Gasteiger partial charge in [0, 0.05) is 6.07 Å². The highest BCUT2D eigenvalue weighted by molar-refractivity contribution is 7.99. The molecule has 1 amide bonds. The summed E-state index contributed by atoms with van der Waals surface area (Å²) < 4.78 is 14.8. The van der Waals surface area contributed by atoms with Crippen LogP contribution in [0.2, 0.25) is 0 Å². The fraction of sp³-hybridized carbons (Fsp3) is 0.0870. The summed E-state index contributed by atoms with van der Waals surface area (Å²) in [6.07, 6.45) is 0. The number of amides is 1. The van der Waals surface area contributed by atoms with Gasteiger partial charge in [-0.25, -0.2) is 9.37 Å². The van der Waals surface area contributed by atoms with Crippen LogP contribution in [0.1, 0.15) is 5.56 Å². The van der Waals surface area contributed by atoms with Crippen LogP contribution in [0.3, 0.4) is 0 Å². The lowest BCUT2D eigenvalue weighted by atomic mass is 10.1. The van der Waals surface area contributed by atoms with Crippen molar-refractivity contribution in [3.8, 4) is 5.69 Å². The minimum absolute atomic E-state index is 0.0956. The number of thioether (sulfide) groups is 1. The van der Waals surface area contributed by atoms with Gasteiger partial charge in [0.15, 0.2) is 5.16 Å². The summed E-state index contributed by atoms with van der Waals surface area (Å²) in [5.41, 5.74) is 1.12. The molecule has 1 aromatic heterocycles. The molecule has 8 nitrogen and oxygen atoms in total. The second-order valence-electron chi connectivity index (χ2n) is 7.07. The molecule has 0 radical (unpaired) electrons. The third-order valence-electron chi connectivity index (χ3n) is 4.94. The zero-order valence-corrected chi connectivity index (χ0v) is 18.1. The minimum atomic E-state index is -0.514. The van der Waals surface area contributed by atoms with Crippen molar-refractivity contribution >= 4 is 39.9 Å². The van der Waals surface area contributed by atoms with Gasteiger partial charge in [-0.15, -0.1) is 0 Å². The van der Waals surface area contributed by atoms with Crippen molar-refractivity contribution in [1.29, 1.82) is 0 Å². The molecule has 0 aliphatic heterocycles. The fourth-order valence-electron chi connectivity index (χ4n) is 3.30. The van der Waals surface area contributed by atoms with E-state index in [4.69, 9.17) is 0 Å². The molecule has 166 valence electrons. The highest BCUT2D eigenvalue weighted by Crippen LogP contribution is 2.26. The van der Waals surface area contributed by atoms with Crippen LogP contribution in [0, 0.1) is 22.9 Å². The van der Waals surface area contributed by atoms with E-state index in [2.05, 4.69) is 10.3 Å². The quantitative estimate of drug-likeness (QED) is 0.195. The van der Waals surface area contributed by atoms with E-state index in [0.29, 0.717) is 27.8 Å². The van der Waals surface area contributed by atoms with E-state index in [1.54, 1.807) is 37.3 Å². The van der Waals surface area contributed by atoms with Crippen LogP contribution >= 0.6 is 11.8 Å². The van der Waals surface area contributed by atoms with Gasteiger partial charge in [0.2, 0.25) is 5.91 Å². The van der Waals surface area contributed by atoms with E-state index in [1.807, 2.05) is 0 Å². The van der Waals surface area contributed by atoms with Crippen molar-refractivity contribution in [3.05, 3.63) is 98.6 Å². The van der Waals surface area contributed by atoms with Gasteiger partial charge in [-0.05, 0) is 49.4 Å². The summed E-state index contributed by atoms with van der Waals surface area (Å²) in [6, 6.07) is 16.7. The molecule has 0 saturated carbocycles. The van der Waals surface area contributed by atoms with Crippen LogP contribution in [-0.4, -0.2) is 26.1 Å². The Kier molecular flexibility index (Phi) is 6.18. The first-order chi connectivity index (χ1) is 15.8. The van der Waals surface area contributed by atoms with Crippen molar-refractivity contribution in [2.24, 2.45) is 0 Å². The predicted molar refractivity (Wildman–Crippen MR) is 124 cm³/mol. The van der Waals surface area contributed by atoms with Gasteiger partial charge in [-0.2, -0.15) is 0 Å². The van der Waals surface area contributed by atoms with Crippen LogP contribution in [0.5, 0.6) is 0 Å². The molecule has 0 atom stereocenters. The zero-order chi connectivity index (χ0) is 23.5. The van der Waals surface area contributed by atoms with E-state index in [-0.39, 0.29) is 22.2 Å². The summed E-state index contributed by atoms with van der Waals surface area (Å²) in [7, 11) is 0. The fourth-order valence-corrected chi connectivity index (χ4v) is 4.11. The number of aromatic nitrogens is 2. The van der Waals surface area contributed by atoms with E-state index in [1.165, 1.54) is 41.0 Å². The predicted octanol–water partition coefficient (Wildman–Crippen LogP) is 4.47. The third-order valence-corrected chi connectivity index (χ3v) is 5.88. The van der Waals surface area contributed by atoms with Crippen molar-refractivity contribution < 1.29 is 14.1 Å². The average molecular weight is 464 g/mol. The standard InChI is InChI=1S/C23H17FN4O4S/c1-14-18(7-4-8-20(14)28(31)32)25-21(29)13-33-23-26-19-6-3-2-5-17(19)22(30)27(23)16-11-9-15(24)10-12-16/h2-12H,13H2,1H3,(H,25,29). The van der Waals surface area contributed by atoms with Gasteiger partial charge < -0.3 is 5.32 Å². The second-order valence-corrected chi connectivity index (χ2v) is 8.01. The largest absolute Gasteiger partial charge is 0.325 e. The second kappa shape index (κ2) is 9.21. The number of nitrogens with one attached hydrogen (secondary N) is 1. The average Bonchev–Trinajstić information content (AvgIpc) is 2.80. The number of hydrogen-bond acceptors (Lipinski definition) is 6. The number of carbonyl (C=O) groups is 1. The highest BCUT2D eigenvalue weighted by Gasteiger charge is 2.17.